The largest absolute Gasteiger partial charge is 0.369 e. The Morgan fingerprint density at radius 2 is 1.71 bits per heavy atom. The standard InChI is InChI=1S/C15H14N2O3S/c1-21(19,20)13-9-5-4-8-12(13)16-14-10-6-2-3-7-11(10)17-15(14)18/h2-9,14,16H,1H3,(H,17,18). The van der Waals surface area contributed by atoms with Crippen LogP contribution in [0.15, 0.2) is 53.4 Å². The maximum Gasteiger partial charge on any atom is 0.251 e. The summed E-state index contributed by atoms with van der Waals surface area (Å²) in [5, 5.41) is 5.81. The Labute approximate surface area is 122 Å². The van der Waals surface area contributed by atoms with Crippen LogP contribution < -0.4 is 10.6 Å². The van der Waals surface area contributed by atoms with Crippen molar-refractivity contribution in [2.45, 2.75) is 10.9 Å². The molecule has 1 aliphatic rings. The molecule has 0 fully saturated rings. The van der Waals surface area contributed by atoms with Crippen LogP contribution in [0, 0.1) is 0 Å². The number of nitrogens with one attached hydrogen (secondary N) is 2. The maximum atomic E-state index is 12.1. The molecule has 0 spiro atoms. The van der Waals surface area contributed by atoms with Crippen LogP contribution >= 0.6 is 0 Å². The summed E-state index contributed by atoms with van der Waals surface area (Å²) in [6, 6.07) is 13.3. The van der Waals surface area contributed by atoms with Crippen molar-refractivity contribution in [3.8, 4) is 0 Å². The lowest BCUT2D eigenvalue weighted by Gasteiger charge is -2.15. The predicted molar refractivity (Wildman–Crippen MR) is 81.0 cm³/mol. The molecule has 0 saturated heterocycles. The molecular formula is C15H14N2O3S. The Morgan fingerprint density at radius 3 is 2.48 bits per heavy atom. The van der Waals surface area contributed by atoms with E-state index in [0.29, 0.717) is 5.69 Å². The van der Waals surface area contributed by atoms with Gasteiger partial charge in [-0.3, -0.25) is 4.79 Å². The average molecular weight is 302 g/mol. The normalized spacial score (nSPS) is 17.2. The highest BCUT2D eigenvalue weighted by Crippen LogP contribution is 2.34. The molecule has 21 heavy (non-hydrogen) atoms. The number of carbonyl (C=O) groups is 1. The number of rotatable bonds is 3. The van der Waals surface area contributed by atoms with Crippen molar-refractivity contribution in [2.24, 2.45) is 0 Å². The summed E-state index contributed by atoms with van der Waals surface area (Å²) in [6.07, 6.45) is 1.15. The minimum absolute atomic E-state index is 0.183. The summed E-state index contributed by atoms with van der Waals surface area (Å²) in [5.41, 5.74) is 1.99. The first-order valence-corrected chi connectivity index (χ1v) is 8.31. The van der Waals surface area contributed by atoms with Crippen LogP contribution in [0.1, 0.15) is 11.6 Å². The molecule has 1 atom stereocenters. The van der Waals surface area contributed by atoms with Crippen molar-refractivity contribution in [1.82, 2.24) is 0 Å². The molecule has 1 unspecified atom stereocenters. The van der Waals surface area contributed by atoms with Crippen LogP contribution in [0.25, 0.3) is 0 Å². The van der Waals surface area contributed by atoms with Gasteiger partial charge in [0, 0.05) is 17.5 Å². The predicted octanol–water partition coefficient (Wildman–Crippen LogP) is 2.20. The second-order valence-electron chi connectivity index (χ2n) is 4.92. The van der Waals surface area contributed by atoms with Gasteiger partial charge in [-0.25, -0.2) is 8.42 Å². The van der Waals surface area contributed by atoms with Gasteiger partial charge in [-0.15, -0.1) is 0 Å². The van der Waals surface area contributed by atoms with Gasteiger partial charge in [0.1, 0.15) is 6.04 Å². The number of hydrogen-bond donors (Lipinski definition) is 2. The first-order chi connectivity index (χ1) is 9.97. The maximum absolute atomic E-state index is 12.1. The number of carbonyl (C=O) groups excluding carboxylic acids is 1. The molecule has 2 aromatic rings. The fourth-order valence-electron chi connectivity index (χ4n) is 2.42. The van der Waals surface area contributed by atoms with E-state index in [4.69, 9.17) is 0 Å². The molecule has 0 aliphatic carbocycles. The number of amides is 1. The molecule has 1 heterocycles. The van der Waals surface area contributed by atoms with E-state index in [1.165, 1.54) is 6.07 Å². The number of sulfone groups is 1. The number of para-hydroxylation sites is 2. The third-order valence-electron chi connectivity index (χ3n) is 3.38. The SMILES string of the molecule is CS(=O)(=O)c1ccccc1NC1C(=O)Nc2ccccc21. The van der Waals surface area contributed by atoms with E-state index in [9.17, 15) is 13.2 Å². The van der Waals surface area contributed by atoms with Gasteiger partial charge in [0.25, 0.3) is 5.91 Å². The van der Waals surface area contributed by atoms with Crippen molar-refractivity contribution in [3.05, 3.63) is 54.1 Å². The third-order valence-corrected chi connectivity index (χ3v) is 4.53. The molecule has 5 nitrogen and oxygen atoms in total. The average Bonchev–Trinajstić information content (AvgIpc) is 2.75. The zero-order valence-electron chi connectivity index (χ0n) is 11.3. The molecule has 1 aliphatic heterocycles. The minimum atomic E-state index is -3.36. The molecular weight excluding hydrogens is 288 g/mol. The van der Waals surface area contributed by atoms with Gasteiger partial charge in [0.15, 0.2) is 9.84 Å². The second-order valence-corrected chi connectivity index (χ2v) is 6.91. The fourth-order valence-corrected chi connectivity index (χ4v) is 3.27. The summed E-state index contributed by atoms with van der Waals surface area (Å²) in [4.78, 5) is 12.3. The van der Waals surface area contributed by atoms with E-state index in [0.717, 1.165) is 17.5 Å². The highest BCUT2D eigenvalue weighted by Gasteiger charge is 2.30. The van der Waals surface area contributed by atoms with E-state index in [1.807, 2.05) is 24.3 Å². The van der Waals surface area contributed by atoms with Gasteiger partial charge >= 0.3 is 0 Å². The monoisotopic (exact) mass is 302 g/mol. The quantitative estimate of drug-likeness (QED) is 0.911. The van der Waals surface area contributed by atoms with Gasteiger partial charge in [0.2, 0.25) is 0 Å². The summed E-state index contributed by atoms with van der Waals surface area (Å²) in [6.45, 7) is 0. The van der Waals surface area contributed by atoms with Gasteiger partial charge in [-0.1, -0.05) is 30.3 Å². The molecule has 0 aromatic heterocycles. The van der Waals surface area contributed by atoms with Crippen LogP contribution in [-0.4, -0.2) is 20.6 Å². The molecule has 0 bridgehead atoms. The lowest BCUT2D eigenvalue weighted by atomic mass is 10.1. The van der Waals surface area contributed by atoms with Crippen molar-refractivity contribution < 1.29 is 13.2 Å². The molecule has 2 N–H and O–H groups in total. The topological polar surface area (TPSA) is 75.3 Å². The Kier molecular flexibility index (Phi) is 3.17. The minimum Gasteiger partial charge on any atom is -0.369 e. The van der Waals surface area contributed by atoms with Crippen LogP contribution in [-0.2, 0) is 14.6 Å². The summed E-state index contributed by atoms with van der Waals surface area (Å²) >= 11 is 0. The molecule has 0 saturated carbocycles. The summed E-state index contributed by atoms with van der Waals surface area (Å²) in [5.74, 6) is -0.195. The lowest BCUT2D eigenvalue weighted by molar-refractivity contribution is -0.116. The van der Waals surface area contributed by atoms with E-state index in [-0.39, 0.29) is 10.8 Å². The number of anilines is 2. The van der Waals surface area contributed by atoms with E-state index in [2.05, 4.69) is 10.6 Å². The van der Waals surface area contributed by atoms with Gasteiger partial charge in [-0.05, 0) is 18.2 Å². The molecule has 1 amide bonds. The smallest absolute Gasteiger partial charge is 0.251 e. The molecule has 3 rings (SSSR count). The Balaban J connectivity index is 2.01. The van der Waals surface area contributed by atoms with Crippen molar-refractivity contribution >= 4 is 27.1 Å². The molecule has 6 heteroatoms. The molecule has 0 radical (unpaired) electrons. The van der Waals surface area contributed by atoms with Crippen molar-refractivity contribution in [2.75, 3.05) is 16.9 Å². The Hall–Kier alpha value is -2.34. The summed E-state index contributed by atoms with van der Waals surface area (Å²) in [7, 11) is -3.36. The lowest BCUT2D eigenvalue weighted by Crippen LogP contribution is -2.20. The Morgan fingerprint density at radius 1 is 1.05 bits per heavy atom. The van der Waals surface area contributed by atoms with E-state index in [1.54, 1.807) is 18.2 Å². The zero-order valence-corrected chi connectivity index (χ0v) is 12.1. The molecule has 2 aromatic carbocycles. The summed E-state index contributed by atoms with van der Waals surface area (Å²) < 4.78 is 23.6. The fraction of sp³-hybridized carbons (Fsp3) is 0.133. The van der Waals surface area contributed by atoms with Crippen LogP contribution in [0.5, 0.6) is 0 Å². The Bertz CT molecular complexity index is 815. The first kappa shape index (κ1) is 13.6. The van der Waals surface area contributed by atoms with Gasteiger partial charge in [-0.2, -0.15) is 0 Å². The molecule has 108 valence electrons. The van der Waals surface area contributed by atoms with E-state index >= 15 is 0 Å². The van der Waals surface area contributed by atoms with Gasteiger partial charge < -0.3 is 10.6 Å². The number of benzene rings is 2. The number of fused-ring (bicyclic) bond motifs is 1. The highest BCUT2D eigenvalue weighted by molar-refractivity contribution is 7.90. The second kappa shape index (κ2) is 4.89. The van der Waals surface area contributed by atoms with E-state index < -0.39 is 15.9 Å². The highest BCUT2D eigenvalue weighted by atomic mass is 32.2. The third kappa shape index (κ3) is 2.50. The van der Waals surface area contributed by atoms with Crippen LogP contribution in [0.2, 0.25) is 0 Å². The van der Waals surface area contributed by atoms with Crippen LogP contribution in [0.4, 0.5) is 11.4 Å². The van der Waals surface area contributed by atoms with Crippen LogP contribution in [0.3, 0.4) is 0 Å². The van der Waals surface area contributed by atoms with Crippen molar-refractivity contribution in [3.63, 3.8) is 0 Å². The zero-order chi connectivity index (χ0) is 15.0. The van der Waals surface area contributed by atoms with Gasteiger partial charge in [0.05, 0.1) is 10.6 Å². The first-order valence-electron chi connectivity index (χ1n) is 6.42. The van der Waals surface area contributed by atoms with Crippen molar-refractivity contribution in [1.29, 1.82) is 0 Å². The number of hydrogen-bond acceptors (Lipinski definition) is 4.